The Morgan fingerprint density at radius 3 is 2.07 bits per heavy atom. The number of benzene rings is 5. The summed E-state index contributed by atoms with van der Waals surface area (Å²) in [6.45, 7) is 3.20. The molecule has 14 heteroatoms. The van der Waals surface area contributed by atoms with E-state index in [1.54, 1.807) is 6.07 Å². The van der Waals surface area contributed by atoms with E-state index in [2.05, 4.69) is 31.0 Å². The van der Waals surface area contributed by atoms with Crippen molar-refractivity contribution in [3.8, 4) is 17.2 Å². The fourth-order valence-electron chi connectivity index (χ4n) is 8.42. The first-order valence-corrected chi connectivity index (χ1v) is 21.2. The quantitative estimate of drug-likeness (QED) is 0.0904. The number of hydrogen-bond acceptors (Lipinski definition) is 9. The van der Waals surface area contributed by atoms with E-state index in [0.29, 0.717) is 66.7 Å². The van der Waals surface area contributed by atoms with E-state index >= 15 is 0 Å². The molecule has 9 rings (SSSR count). The second-order valence-electron chi connectivity index (χ2n) is 14.5. The molecule has 5 aromatic carbocycles. The smallest absolute Gasteiger partial charge is 0.270 e. The highest BCUT2D eigenvalue weighted by Gasteiger charge is 2.40. The van der Waals surface area contributed by atoms with Gasteiger partial charge >= 0.3 is 0 Å². The highest BCUT2D eigenvalue weighted by molar-refractivity contribution is 8.03. The number of nitro benzene ring substituents is 1. The number of carbonyl (C=O) groups excluding carboxylic acids is 2. The average Bonchev–Trinajstić information content (AvgIpc) is 3.70. The summed E-state index contributed by atoms with van der Waals surface area (Å²) < 4.78 is 20.5. The van der Waals surface area contributed by atoms with Crippen LogP contribution in [0.1, 0.15) is 48.5 Å². The van der Waals surface area contributed by atoms with Gasteiger partial charge in [0, 0.05) is 48.7 Å². The van der Waals surface area contributed by atoms with Gasteiger partial charge in [0.15, 0.2) is 11.5 Å². The molecule has 0 spiro atoms. The summed E-state index contributed by atoms with van der Waals surface area (Å²) in [6, 6.07) is 28.1. The van der Waals surface area contributed by atoms with E-state index in [-0.39, 0.29) is 42.8 Å². The van der Waals surface area contributed by atoms with Crippen LogP contribution in [-0.4, -0.2) is 49.0 Å². The molecule has 0 aliphatic carbocycles. The van der Waals surface area contributed by atoms with Gasteiger partial charge in [-0.25, -0.2) is 0 Å². The van der Waals surface area contributed by atoms with E-state index in [1.807, 2.05) is 77.4 Å². The lowest BCUT2D eigenvalue weighted by molar-refractivity contribution is -0.385. The van der Waals surface area contributed by atoms with E-state index in [4.69, 9.17) is 14.2 Å². The largest absolute Gasteiger partial charge is 0.493 e. The molecular formula is C42H39N5O7P2. The number of rotatable bonds is 9. The van der Waals surface area contributed by atoms with Crippen LogP contribution in [0.3, 0.4) is 0 Å². The molecule has 2 unspecified atom stereocenters. The molecule has 12 nitrogen and oxygen atoms in total. The van der Waals surface area contributed by atoms with Gasteiger partial charge in [0.2, 0.25) is 0 Å². The molecule has 4 heterocycles. The fourth-order valence-corrected chi connectivity index (χ4v) is 9.79. The van der Waals surface area contributed by atoms with Crippen LogP contribution in [0.2, 0.25) is 0 Å². The van der Waals surface area contributed by atoms with Crippen LogP contribution in [-0.2, 0) is 26.1 Å². The Morgan fingerprint density at radius 1 is 0.786 bits per heavy atom. The maximum atomic E-state index is 14.1. The Hall–Kier alpha value is -5.70. The third-order valence-corrected chi connectivity index (χ3v) is 12.7. The Morgan fingerprint density at radius 2 is 1.41 bits per heavy atom. The molecule has 284 valence electrons. The highest BCUT2D eigenvalue weighted by Crippen LogP contribution is 2.47. The molecule has 4 atom stereocenters. The van der Waals surface area contributed by atoms with Crippen LogP contribution >= 0.6 is 17.3 Å². The third-order valence-electron chi connectivity index (χ3n) is 11.0. The predicted octanol–water partition coefficient (Wildman–Crippen LogP) is 7.84. The average molecular weight is 788 g/mol. The number of nitrogens with one attached hydrogen (secondary N) is 1. The van der Waals surface area contributed by atoms with Crippen molar-refractivity contribution in [1.82, 2.24) is 0 Å². The third kappa shape index (κ3) is 6.27. The lowest BCUT2D eigenvalue weighted by atomic mass is 10.1. The van der Waals surface area contributed by atoms with Gasteiger partial charge in [-0.1, -0.05) is 45.3 Å². The van der Waals surface area contributed by atoms with Crippen LogP contribution in [0.5, 0.6) is 17.2 Å². The molecule has 2 amide bonds. The van der Waals surface area contributed by atoms with Gasteiger partial charge in [0.05, 0.1) is 46.6 Å². The topological polar surface area (TPSA) is 127 Å². The van der Waals surface area contributed by atoms with Gasteiger partial charge in [-0.05, 0) is 86.3 Å². The first-order chi connectivity index (χ1) is 27.2. The van der Waals surface area contributed by atoms with Crippen LogP contribution in [0.15, 0.2) is 91.0 Å². The molecule has 0 saturated carbocycles. The van der Waals surface area contributed by atoms with Crippen molar-refractivity contribution in [3.05, 3.63) is 140 Å². The molecule has 4 aliphatic rings. The Balaban J connectivity index is 0.949. The zero-order chi connectivity index (χ0) is 38.7. The summed E-state index contributed by atoms with van der Waals surface area (Å²) in [7, 11) is 4.64. The number of nitrogens with zero attached hydrogens (tertiary/aromatic N) is 4. The van der Waals surface area contributed by atoms with Crippen molar-refractivity contribution < 1.29 is 28.7 Å². The molecule has 56 heavy (non-hydrogen) atoms. The molecule has 5 aromatic rings. The molecule has 0 saturated heterocycles. The van der Waals surface area contributed by atoms with Crippen LogP contribution in [0, 0.1) is 17.0 Å². The van der Waals surface area contributed by atoms with Gasteiger partial charge in [-0.2, -0.15) is 0 Å². The number of anilines is 4. The molecule has 0 radical (unpaired) electrons. The van der Waals surface area contributed by atoms with Crippen molar-refractivity contribution in [2.45, 2.75) is 45.1 Å². The van der Waals surface area contributed by atoms with E-state index in [9.17, 15) is 19.7 Å². The van der Waals surface area contributed by atoms with Gasteiger partial charge in [0.25, 0.3) is 17.5 Å². The standard InChI is InChI=1S/C42H39N5O7P2/c1-24-11-32-34(43-20-30-15-27-7-3-5-9-35(27)45(30)41(32)48)18-38(24)53-22-25-12-26(14-29(13-25)47(50)51)23-54-40-19-37-33(17-39(40)52-2)42(49)46-31(21-44(37)56-55)16-28-8-4-6-10-36(28)46/h3-14,17-19,30-31,43,56H,15-16,20-23,55H2,1-2H3/t30-,31-/m0/s1. The van der Waals surface area contributed by atoms with Crippen molar-refractivity contribution in [3.63, 3.8) is 0 Å². The highest BCUT2D eigenvalue weighted by atomic mass is 32.0. The summed E-state index contributed by atoms with van der Waals surface area (Å²) in [5.74, 6) is 1.24. The van der Waals surface area contributed by atoms with Crippen molar-refractivity contribution >= 4 is 57.6 Å². The minimum absolute atomic E-state index is 0.00770. The van der Waals surface area contributed by atoms with Gasteiger partial charge < -0.3 is 34.0 Å². The Labute approximate surface area is 327 Å². The van der Waals surface area contributed by atoms with E-state index in [0.717, 1.165) is 46.6 Å². The van der Waals surface area contributed by atoms with Crippen LogP contribution in [0.25, 0.3) is 0 Å². The number of hydrogen-bond donors (Lipinski definition) is 1. The molecule has 0 aromatic heterocycles. The molecule has 0 bridgehead atoms. The summed E-state index contributed by atoms with van der Waals surface area (Å²) >= 11 is 0. The number of non-ortho nitro benzene ring substituents is 1. The molecule has 0 fully saturated rings. The maximum Gasteiger partial charge on any atom is 0.270 e. The number of fused-ring (bicyclic) bond motifs is 8. The van der Waals surface area contributed by atoms with Gasteiger partial charge in [-0.15, -0.1) is 0 Å². The first-order valence-electron chi connectivity index (χ1n) is 18.4. The predicted molar refractivity (Wildman–Crippen MR) is 221 cm³/mol. The SMILES string of the molecule is COc1cc2c(cc1OCc1cc(COc3cc4c(cc3C)C(=O)N3c5ccccc5C[C@H]3CN4)cc([N+](=O)[O-])c1)N(PP)C[C@@H]1Cc3ccccc3N1C2=O. The Kier molecular flexibility index (Phi) is 9.26. The second kappa shape index (κ2) is 14.4. The van der Waals surface area contributed by atoms with Crippen molar-refractivity contribution in [1.29, 1.82) is 0 Å². The summed E-state index contributed by atoms with van der Waals surface area (Å²) in [5, 5.41) is 15.5. The first kappa shape index (κ1) is 36.0. The van der Waals surface area contributed by atoms with E-state index < -0.39 is 4.92 Å². The number of ether oxygens (including phenoxy) is 3. The number of amides is 2. The number of carbonyl (C=O) groups is 2. The van der Waals surface area contributed by atoms with Gasteiger partial charge in [0.1, 0.15) is 19.0 Å². The van der Waals surface area contributed by atoms with Crippen molar-refractivity contribution in [2.24, 2.45) is 0 Å². The molecular weight excluding hydrogens is 748 g/mol. The van der Waals surface area contributed by atoms with Crippen LogP contribution in [0.4, 0.5) is 28.4 Å². The number of methoxy groups -OCH3 is 1. The minimum atomic E-state index is -0.433. The lowest BCUT2D eigenvalue weighted by Gasteiger charge is -2.26. The summed E-state index contributed by atoms with van der Waals surface area (Å²) in [5.41, 5.74) is 8.59. The molecule has 1 N–H and O–H groups in total. The van der Waals surface area contributed by atoms with E-state index in [1.165, 1.54) is 19.2 Å². The number of nitro groups is 1. The number of para-hydroxylation sites is 2. The minimum Gasteiger partial charge on any atom is -0.493 e. The monoisotopic (exact) mass is 787 g/mol. The lowest BCUT2D eigenvalue weighted by Crippen LogP contribution is -2.40. The maximum absolute atomic E-state index is 14.1. The zero-order valence-corrected chi connectivity index (χ0v) is 32.9. The van der Waals surface area contributed by atoms with Gasteiger partial charge in [-0.3, -0.25) is 19.7 Å². The molecule has 4 aliphatic heterocycles. The second-order valence-corrected chi connectivity index (χ2v) is 16.0. The normalized spacial score (nSPS) is 17.9. The van der Waals surface area contributed by atoms with Crippen molar-refractivity contribution in [2.75, 3.05) is 40.0 Å². The summed E-state index contributed by atoms with van der Waals surface area (Å²) in [6.07, 6.45) is 1.56. The van der Waals surface area contributed by atoms with Crippen LogP contribution < -0.4 is 34.0 Å². The summed E-state index contributed by atoms with van der Waals surface area (Å²) in [4.78, 5) is 43.4. The number of aryl methyl sites for hydroxylation is 1. The Bertz CT molecular complexity index is 2440. The fraction of sp³-hybridized carbons (Fsp3) is 0.238. The zero-order valence-electron chi connectivity index (χ0n) is 30.8.